The molecule has 100 valence electrons. The van der Waals surface area contributed by atoms with E-state index in [0.717, 1.165) is 11.3 Å². The fourth-order valence-corrected chi connectivity index (χ4v) is 2.13. The summed E-state index contributed by atoms with van der Waals surface area (Å²) < 4.78 is 5.10. The Morgan fingerprint density at radius 3 is 2.74 bits per heavy atom. The minimum atomic E-state index is -0.117. The molecule has 0 fully saturated rings. The van der Waals surface area contributed by atoms with E-state index < -0.39 is 0 Å². The Morgan fingerprint density at radius 1 is 1.42 bits per heavy atom. The highest BCUT2D eigenvalue weighted by atomic mass is 35.5. The number of benzene rings is 1. The lowest BCUT2D eigenvalue weighted by Crippen LogP contribution is -2.15. The van der Waals surface area contributed by atoms with E-state index in [-0.39, 0.29) is 5.56 Å². The van der Waals surface area contributed by atoms with Gasteiger partial charge in [-0.05, 0) is 31.5 Å². The molecule has 0 bridgehead atoms. The fourth-order valence-electron chi connectivity index (χ4n) is 1.87. The molecule has 0 aliphatic carbocycles. The SMILES string of the molecule is CCc1nc(-c2ccc(OC)c(Cl)c2)[nH]c(=O)c1C. The van der Waals surface area contributed by atoms with Crippen LogP contribution in [0.4, 0.5) is 0 Å². The molecule has 0 unspecified atom stereocenters. The number of rotatable bonds is 3. The number of H-pyrrole nitrogens is 1. The summed E-state index contributed by atoms with van der Waals surface area (Å²) in [5.74, 6) is 1.12. The van der Waals surface area contributed by atoms with Crippen LogP contribution in [0.25, 0.3) is 11.4 Å². The molecule has 5 heteroatoms. The zero-order valence-electron chi connectivity index (χ0n) is 11.1. The molecule has 0 aliphatic heterocycles. The number of nitrogens with one attached hydrogen (secondary N) is 1. The highest BCUT2D eigenvalue weighted by Crippen LogP contribution is 2.28. The third-order valence-electron chi connectivity index (χ3n) is 3.01. The molecule has 2 aromatic rings. The van der Waals surface area contributed by atoms with Gasteiger partial charge in [0.2, 0.25) is 0 Å². The second-order valence-corrected chi connectivity index (χ2v) is 4.60. The molecular weight excluding hydrogens is 264 g/mol. The van der Waals surface area contributed by atoms with Crippen molar-refractivity contribution in [3.05, 3.63) is 44.8 Å². The smallest absolute Gasteiger partial charge is 0.254 e. The van der Waals surface area contributed by atoms with Crippen LogP contribution in [0.5, 0.6) is 5.75 Å². The quantitative estimate of drug-likeness (QED) is 0.939. The average molecular weight is 279 g/mol. The Bertz CT molecular complexity index is 665. The van der Waals surface area contributed by atoms with Gasteiger partial charge < -0.3 is 9.72 Å². The third kappa shape index (κ3) is 2.63. The first kappa shape index (κ1) is 13.6. The second-order valence-electron chi connectivity index (χ2n) is 4.19. The number of aryl methyl sites for hydroxylation is 1. The third-order valence-corrected chi connectivity index (χ3v) is 3.31. The molecule has 0 amide bonds. The summed E-state index contributed by atoms with van der Waals surface area (Å²) in [5.41, 5.74) is 2.10. The molecule has 0 aliphatic rings. The van der Waals surface area contributed by atoms with Crippen LogP contribution >= 0.6 is 11.6 Å². The number of hydrogen-bond donors (Lipinski definition) is 1. The van der Waals surface area contributed by atoms with Crippen molar-refractivity contribution in [2.75, 3.05) is 7.11 Å². The summed E-state index contributed by atoms with van der Waals surface area (Å²) >= 11 is 6.08. The van der Waals surface area contributed by atoms with Gasteiger partial charge in [-0.15, -0.1) is 0 Å². The first-order valence-electron chi connectivity index (χ1n) is 6.00. The van der Waals surface area contributed by atoms with E-state index in [1.54, 1.807) is 26.2 Å². The maximum Gasteiger partial charge on any atom is 0.254 e. The zero-order chi connectivity index (χ0) is 14.0. The van der Waals surface area contributed by atoms with Crippen molar-refractivity contribution in [3.63, 3.8) is 0 Å². The number of aromatic nitrogens is 2. The molecule has 1 N–H and O–H groups in total. The van der Waals surface area contributed by atoms with E-state index >= 15 is 0 Å². The predicted molar refractivity (Wildman–Crippen MR) is 76.0 cm³/mol. The van der Waals surface area contributed by atoms with Crippen LogP contribution in [0.3, 0.4) is 0 Å². The van der Waals surface area contributed by atoms with E-state index in [2.05, 4.69) is 9.97 Å². The van der Waals surface area contributed by atoms with Crippen LogP contribution < -0.4 is 10.3 Å². The van der Waals surface area contributed by atoms with Gasteiger partial charge in [0.25, 0.3) is 5.56 Å². The Hall–Kier alpha value is -1.81. The number of ether oxygens (including phenoxy) is 1. The summed E-state index contributed by atoms with van der Waals surface area (Å²) in [6.45, 7) is 3.75. The van der Waals surface area contributed by atoms with Crippen molar-refractivity contribution in [3.8, 4) is 17.1 Å². The molecule has 0 saturated heterocycles. The van der Waals surface area contributed by atoms with Crippen molar-refractivity contribution in [2.24, 2.45) is 0 Å². The van der Waals surface area contributed by atoms with Gasteiger partial charge in [0.05, 0.1) is 17.8 Å². The van der Waals surface area contributed by atoms with Crippen LogP contribution in [0.1, 0.15) is 18.2 Å². The Kier molecular flexibility index (Phi) is 3.90. The molecule has 4 nitrogen and oxygen atoms in total. The Morgan fingerprint density at radius 2 is 2.16 bits per heavy atom. The molecule has 19 heavy (non-hydrogen) atoms. The lowest BCUT2D eigenvalue weighted by molar-refractivity contribution is 0.415. The van der Waals surface area contributed by atoms with E-state index in [9.17, 15) is 4.79 Å². The lowest BCUT2D eigenvalue weighted by atomic mass is 10.1. The van der Waals surface area contributed by atoms with Gasteiger partial charge in [-0.3, -0.25) is 4.79 Å². The highest BCUT2D eigenvalue weighted by molar-refractivity contribution is 6.32. The van der Waals surface area contributed by atoms with E-state index in [1.165, 1.54) is 0 Å². The van der Waals surface area contributed by atoms with Crippen LogP contribution in [0, 0.1) is 6.92 Å². The maximum atomic E-state index is 11.8. The lowest BCUT2D eigenvalue weighted by Gasteiger charge is -2.08. The predicted octanol–water partition coefficient (Wildman–Crippen LogP) is 2.97. The first-order valence-corrected chi connectivity index (χ1v) is 6.38. The standard InChI is InChI=1S/C14H15ClN2O2/c1-4-11-8(2)14(18)17-13(16-11)9-5-6-12(19-3)10(15)7-9/h5-7H,4H2,1-3H3,(H,16,17,18). The van der Waals surface area contributed by atoms with Crippen LogP contribution in [-0.2, 0) is 6.42 Å². The molecule has 2 rings (SSSR count). The van der Waals surface area contributed by atoms with Crippen molar-refractivity contribution in [2.45, 2.75) is 20.3 Å². The summed E-state index contributed by atoms with van der Waals surface area (Å²) in [7, 11) is 1.56. The van der Waals surface area contributed by atoms with E-state index in [1.807, 2.05) is 13.0 Å². The second kappa shape index (κ2) is 5.45. The number of halogens is 1. The largest absolute Gasteiger partial charge is 0.495 e. The number of nitrogens with zero attached hydrogens (tertiary/aromatic N) is 1. The average Bonchev–Trinajstić information content (AvgIpc) is 2.41. The molecule has 1 aromatic heterocycles. The first-order chi connectivity index (χ1) is 9.06. The van der Waals surface area contributed by atoms with Gasteiger partial charge in [0.15, 0.2) is 0 Å². The number of hydrogen-bond acceptors (Lipinski definition) is 3. The topological polar surface area (TPSA) is 55.0 Å². The molecule has 1 aromatic carbocycles. The van der Waals surface area contributed by atoms with Crippen molar-refractivity contribution < 1.29 is 4.74 Å². The van der Waals surface area contributed by atoms with Gasteiger partial charge in [-0.2, -0.15) is 0 Å². The molecule has 1 heterocycles. The van der Waals surface area contributed by atoms with Gasteiger partial charge in [0, 0.05) is 11.1 Å². The van der Waals surface area contributed by atoms with E-state index in [4.69, 9.17) is 16.3 Å². The van der Waals surface area contributed by atoms with Crippen LogP contribution in [0.2, 0.25) is 5.02 Å². The van der Waals surface area contributed by atoms with Crippen molar-refractivity contribution in [1.82, 2.24) is 9.97 Å². The molecule has 0 saturated carbocycles. The van der Waals surface area contributed by atoms with Gasteiger partial charge in [-0.25, -0.2) is 4.98 Å². The normalized spacial score (nSPS) is 10.5. The van der Waals surface area contributed by atoms with Crippen LogP contribution in [0.15, 0.2) is 23.0 Å². The fraction of sp³-hybridized carbons (Fsp3) is 0.286. The summed E-state index contributed by atoms with van der Waals surface area (Å²) in [4.78, 5) is 19.1. The summed E-state index contributed by atoms with van der Waals surface area (Å²) in [6, 6.07) is 5.30. The van der Waals surface area contributed by atoms with Gasteiger partial charge in [0.1, 0.15) is 11.6 Å². The minimum Gasteiger partial charge on any atom is -0.495 e. The molecule has 0 radical (unpaired) electrons. The number of aromatic amines is 1. The zero-order valence-corrected chi connectivity index (χ0v) is 11.8. The van der Waals surface area contributed by atoms with Gasteiger partial charge in [-0.1, -0.05) is 18.5 Å². The van der Waals surface area contributed by atoms with Crippen molar-refractivity contribution in [1.29, 1.82) is 0 Å². The highest BCUT2D eigenvalue weighted by Gasteiger charge is 2.09. The summed E-state index contributed by atoms with van der Waals surface area (Å²) in [5, 5.41) is 0.487. The van der Waals surface area contributed by atoms with Gasteiger partial charge >= 0.3 is 0 Å². The van der Waals surface area contributed by atoms with Crippen LogP contribution in [-0.4, -0.2) is 17.1 Å². The molecule has 0 atom stereocenters. The number of methoxy groups -OCH3 is 1. The molecular formula is C14H15ClN2O2. The van der Waals surface area contributed by atoms with E-state index in [0.29, 0.717) is 28.6 Å². The van der Waals surface area contributed by atoms with Crippen molar-refractivity contribution >= 4 is 11.6 Å². The minimum absolute atomic E-state index is 0.117. The Labute approximate surface area is 116 Å². The molecule has 0 spiro atoms. The Balaban J connectivity index is 2.56. The maximum absolute atomic E-state index is 11.8. The monoisotopic (exact) mass is 278 g/mol. The summed E-state index contributed by atoms with van der Waals surface area (Å²) in [6.07, 6.45) is 0.715.